The normalized spacial score (nSPS) is 18.3. The highest BCUT2D eigenvalue weighted by molar-refractivity contribution is 6.06. The molecule has 1 fully saturated rings. The summed E-state index contributed by atoms with van der Waals surface area (Å²) in [4.78, 5) is 16.2. The van der Waals surface area contributed by atoms with E-state index in [1.165, 1.54) is 12.1 Å². The average Bonchev–Trinajstić information content (AvgIpc) is 3.50. The van der Waals surface area contributed by atoms with Crippen LogP contribution in [0.25, 0.3) is 33.2 Å². The fourth-order valence-electron chi connectivity index (χ4n) is 4.91. The van der Waals surface area contributed by atoms with Crippen molar-refractivity contribution in [2.45, 2.75) is 63.5 Å². The summed E-state index contributed by atoms with van der Waals surface area (Å²) in [5, 5.41) is 3.88. The second-order valence-electron chi connectivity index (χ2n) is 9.48. The minimum Gasteiger partial charge on any atom is -0.456 e. The Bertz CT molecular complexity index is 1410. The Labute approximate surface area is 211 Å². The number of imidazole rings is 1. The molecule has 1 amide bonds. The molecule has 0 bridgehead atoms. The van der Waals surface area contributed by atoms with Gasteiger partial charge in [0.05, 0.1) is 18.1 Å². The number of rotatable bonds is 8. The summed E-state index contributed by atoms with van der Waals surface area (Å²) in [7, 11) is 0. The van der Waals surface area contributed by atoms with Crippen LogP contribution in [-0.4, -0.2) is 34.3 Å². The van der Waals surface area contributed by atoms with Gasteiger partial charge >= 0.3 is 6.18 Å². The minimum absolute atomic E-state index is 0.0198. The number of carbonyl (C=O) groups excluding carboxylic acids is 1. The maximum Gasteiger partial charge on any atom is 0.407 e. The van der Waals surface area contributed by atoms with Gasteiger partial charge in [-0.3, -0.25) is 10.1 Å². The van der Waals surface area contributed by atoms with Crippen molar-refractivity contribution >= 4 is 27.8 Å². The van der Waals surface area contributed by atoms with Crippen LogP contribution in [0.2, 0.25) is 0 Å². The number of carbonyl (C=O) groups is 1. The molecule has 1 aliphatic rings. The van der Waals surface area contributed by atoms with Gasteiger partial charge in [-0.2, -0.15) is 13.2 Å². The molecule has 0 spiro atoms. The van der Waals surface area contributed by atoms with Crippen molar-refractivity contribution in [2.24, 2.45) is 5.73 Å². The zero-order valence-corrected chi connectivity index (χ0v) is 20.4. The quantitative estimate of drug-likeness (QED) is 0.301. The van der Waals surface area contributed by atoms with Crippen LogP contribution in [-0.2, 0) is 9.53 Å². The number of nitrogens with two attached hydrogens (primary N) is 1. The fourth-order valence-corrected chi connectivity index (χ4v) is 4.91. The van der Waals surface area contributed by atoms with Gasteiger partial charge in [-0.05, 0) is 55.5 Å². The predicted molar refractivity (Wildman–Crippen MR) is 134 cm³/mol. The first kappa shape index (κ1) is 25.3. The zero-order chi connectivity index (χ0) is 26.2. The van der Waals surface area contributed by atoms with E-state index < -0.39 is 24.2 Å². The number of nitrogens with one attached hydrogen (secondary N) is 1. The molecule has 2 unspecified atom stereocenters. The second kappa shape index (κ2) is 10.2. The maximum absolute atomic E-state index is 14.0. The number of benzene rings is 2. The van der Waals surface area contributed by atoms with E-state index in [1.54, 1.807) is 25.4 Å². The van der Waals surface area contributed by atoms with Crippen LogP contribution >= 0.6 is 0 Å². The Kier molecular flexibility index (Phi) is 6.96. The third kappa shape index (κ3) is 5.21. The first-order chi connectivity index (χ1) is 17.7. The molecular weight excluding hydrogens is 485 g/mol. The molecule has 10 heteroatoms. The molecule has 0 aliphatic carbocycles. The van der Waals surface area contributed by atoms with Crippen molar-refractivity contribution in [2.75, 3.05) is 6.61 Å². The van der Waals surface area contributed by atoms with Crippen molar-refractivity contribution in [1.82, 2.24) is 14.9 Å². The molecule has 5 rings (SSSR count). The van der Waals surface area contributed by atoms with Gasteiger partial charge in [0.1, 0.15) is 23.4 Å². The maximum atomic E-state index is 14.0. The van der Waals surface area contributed by atoms with Crippen LogP contribution in [0.3, 0.4) is 0 Å². The minimum atomic E-state index is -4.63. The van der Waals surface area contributed by atoms with E-state index in [2.05, 4.69) is 10.3 Å². The van der Waals surface area contributed by atoms with Crippen molar-refractivity contribution in [3.05, 3.63) is 54.5 Å². The number of alkyl halides is 3. The summed E-state index contributed by atoms with van der Waals surface area (Å²) < 4.78 is 55.7. The molecule has 1 saturated heterocycles. The van der Waals surface area contributed by atoms with E-state index in [9.17, 15) is 18.0 Å². The largest absolute Gasteiger partial charge is 0.456 e. The van der Waals surface area contributed by atoms with E-state index in [0.717, 1.165) is 42.5 Å². The highest BCUT2D eigenvalue weighted by Crippen LogP contribution is 2.38. The van der Waals surface area contributed by atoms with Crippen molar-refractivity contribution in [3.8, 4) is 11.3 Å². The Morgan fingerprint density at radius 2 is 2.03 bits per heavy atom. The van der Waals surface area contributed by atoms with Crippen LogP contribution in [0, 0.1) is 0 Å². The molecule has 2 aromatic carbocycles. The molecule has 2 aromatic heterocycles. The third-order valence-electron chi connectivity index (χ3n) is 6.83. The van der Waals surface area contributed by atoms with Gasteiger partial charge in [-0.15, -0.1) is 0 Å². The number of hydrogen-bond acceptors (Lipinski definition) is 5. The molecule has 3 N–H and O–H groups in total. The van der Waals surface area contributed by atoms with Gasteiger partial charge in [-0.1, -0.05) is 25.5 Å². The zero-order valence-electron chi connectivity index (χ0n) is 20.4. The molecular formula is C27H29F3N4O3. The number of fused-ring (bicyclic) bond motifs is 3. The van der Waals surface area contributed by atoms with Gasteiger partial charge < -0.3 is 19.5 Å². The fraction of sp³-hybridized carbons (Fsp3) is 0.407. The van der Waals surface area contributed by atoms with Gasteiger partial charge in [0, 0.05) is 29.1 Å². The lowest BCUT2D eigenvalue weighted by molar-refractivity contribution is -0.160. The van der Waals surface area contributed by atoms with Crippen LogP contribution < -0.4 is 11.1 Å². The summed E-state index contributed by atoms with van der Waals surface area (Å²) in [5.74, 6) is -0.814. The lowest BCUT2D eigenvalue weighted by Crippen LogP contribution is -2.47. The van der Waals surface area contributed by atoms with Crippen LogP contribution in [0.4, 0.5) is 13.2 Å². The molecule has 7 nitrogen and oxygen atoms in total. The number of nitrogens with zero attached hydrogens (tertiary/aromatic N) is 2. The van der Waals surface area contributed by atoms with E-state index in [0.29, 0.717) is 23.0 Å². The number of ether oxygens (including phenoxy) is 1. The Balaban J connectivity index is 1.47. The van der Waals surface area contributed by atoms with Crippen molar-refractivity contribution in [1.29, 1.82) is 0 Å². The molecule has 1 aliphatic heterocycles. The number of halogens is 3. The summed E-state index contributed by atoms with van der Waals surface area (Å²) in [5.41, 5.74) is 7.82. The Morgan fingerprint density at radius 3 is 2.73 bits per heavy atom. The first-order valence-electron chi connectivity index (χ1n) is 12.5. The molecule has 196 valence electrons. The highest BCUT2D eigenvalue weighted by Gasteiger charge is 2.42. The number of primary amides is 1. The van der Waals surface area contributed by atoms with Gasteiger partial charge in [0.25, 0.3) is 0 Å². The van der Waals surface area contributed by atoms with E-state index >= 15 is 0 Å². The smallest absolute Gasteiger partial charge is 0.407 e. The Hall–Kier alpha value is -3.37. The average molecular weight is 515 g/mol. The number of hydrogen-bond donors (Lipinski definition) is 2. The third-order valence-corrected chi connectivity index (χ3v) is 6.83. The lowest BCUT2D eigenvalue weighted by atomic mass is 10.0. The summed E-state index contributed by atoms with van der Waals surface area (Å²) in [6, 6.07) is 6.85. The van der Waals surface area contributed by atoms with E-state index in [-0.39, 0.29) is 18.2 Å². The van der Waals surface area contributed by atoms with Crippen LogP contribution in [0.1, 0.15) is 56.9 Å². The van der Waals surface area contributed by atoms with Gasteiger partial charge in [0.2, 0.25) is 5.91 Å². The molecule has 3 atom stereocenters. The highest BCUT2D eigenvalue weighted by atomic mass is 19.4. The van der Waals surface area contributed by atoms with Gasteiger partial charge in [-0.25, -0.2) is 4.98 Å². The van der Waals surface area contributed by atoms with Crippen LogP contribution in [0.15, 0.2) is 53.3 Å². The van der Waals surface area contributed by atoms with E-state index in [1.807, 2.05) is 22.9 Å². The predicted octanol–water partition coefficient (Wildman–Crippen LogP) is 6.00. The summed E-state index contributed by atoms with van der Waals surface area (Å²) in [6.07, 6.45) is 2.90. The summed E-state index contributed by atoms with van der Waals surface area (Å²) >= 11 is 0. The molecule has 0 radical (unpaired) electrons. The first-order valence-corrected chi connectivity index (χ1v) is 12.5. The lowest BCUT2D eigenvalue weighted by Gasteiger charge is -2.26. The Morgan fingerprint density at radius 1 is 1.19 bits per heavy atom. The molecule has 0 saturated carbocycles. The van der Waals surface area contributed by atoms with E-state index in [4.69, 9.17) is 14.9 Å². The van der Waals surface area contributed by atoms with Crippen molar-refractivity contribution in [3.63, 3.8) is 0 Å². The standard InChI is InChI=1S/C27H29F3N4O3/c1-2-5-20(26(31)35)33-25(27(28,29)30)17-7-9-18-19-12-16(8-10-22(19)37-23(18)13-17)21-14-34(15-32-21)24-6-3-4-11-36-24/h7-10,12-15,20,24-25,33H,2-6,11H2,1H3,(H2,31,35)/t20?,24?,25-/m0/s1. The SMILES string of the molecule is CCCC(N[C@@H](c1ccc2c(c1)oc1ccc(-c3cn(C4CCCCO4)cn3)cc12)C(F)(F)F)C(N)=O. The van der Waals surface area contributed by atoms with Crippen molar-refractivity contribution < 1.29 is 27.1 Å². The topological polar surface area (TPSA) is 95.3 Å². The summed E-state index contributed by atoms with van der Waals surface area (Å²) in [6.45, 7) is 2.52. The van der Waals surface area contributed by atoms with Crippen LogP contribution in [0.5, 0.6) is 0 Å². The number of furan rings is 1. The molecule has 4 aromatic rings. The van der Waals surface area contributed by atoms with Gasteiger partial charge in [0.15, 0.2) is 0 Å². The second-order valence-corrected chi connectivity index (χ2v) is 9.48. The number of amides is 1. The monoisotopic (exact) mass is 514 g/mol. The molecule has 37 heavy (non-hydrogen) atoms. The number of aromatic nitrogens is 2. The molecule has 3 heterocycles.